The van der Waals surface area contributed by atoms with Crippen LogP contribution in [0.2, 0.25) is 0 Å². The Balaban J connectivity index is 2.04. The fourth-order valence-electron chi connectivity index (χ4n) is 1.86. The molecule has 0 aliphatic heterocycles. The Labute approximate surface area is 141 Å². The zero-order chi connectivity index (χ0) is 16.1. The van der Waals surface area contributed by atoms with Crippen molar-refractivity contribution in [2.75, 3.05) is 11.1 Å². The average Bonchev–Trinajstić information content (AvgIpc) is 2.88. The lowest BCUT2D eigenvalue weighted by molar-refractivity contribution is -0.118. The number of rotatable bonds is 6. The van der Waals surface area contributed by atoms with Crippen LogP contribution in [0.15, 0.2) is 33.9 Å². The van der Waals surface area contributed by atoms with Crippen molar-refractivity contribution < 1.29 is 4.79 Å². The molecular weight excluding hydrogens is 368 g/mol. The van der Waals surface area contributed by atoms with Crippen LogP contribution in [-0.4, -0.2) is 26.4 Å². The number of thioether (sulfide) groups is 1. The molecular formula is C13H17BrN6OS. The predicted molar refractivity (Wildman–Crippen MR) is 90.2 cm³/mol. The Morgan fingerprint density at radius 1 is 1.41 bits per heavy atom. The van der Waals surface area contributed by atoms with Crippen LogP contribution in [0.4, 0.5) is 5.69 Å². The molecule has 7 nitrogen and oxygen atoms in total. The van der Waals surface area contributed by atoms with Gasteiger partial charge in [-0.3, -0.25) is 10.2 Å². The van der Waals surface area contributed by atoms with Crippen molar-refractivity contribution in [2.24, 2.45) is 12.9 Å². The topological polar surface area (TPSA) is 97.9 Å². The van der Waals surface area contributed by atoms with E-state index in [1.54, 1.807) is 0 Å². The Bertz CT molecular complexity index is 644. The third-order valence-corrected chi connectivity index (χ3v) is 4.53. The molecule has 9 heteroatoms. The summed E-state index contributed by atoms with van der Waals surface area (Å²) in [7, 11) is 1.87. The highest BCUT2D eigenvalue weighted by atomic mass is 79.9. The first-order valence-electron chi connectivity index (χ1n) is 6.55. The van der Waals surface area contributed by atoms with Crippen LogP contribution in [-0.2, 0) is 11.8 Å². The van der Waals surface area contributed by atoms with Crippen molar-refractivity contribution in [3.63, 3.8) is 0 Å². The van der Waals surface area contributed by atoms with Gasteiger partial charge in [-0.05, 0) is 31.2 Å². The normalized spacial score (nSPS) is 12.0. The molecule has 2 rings (SSSR count). The average molecular weight is 385 g/mol. The molecule has 1 heterocycles. The van der Waals surface area contributed by atoms with E-state index >= 15 is 0 Å². The molecule has 1 aromatic carbocycles. The molecule has 0 unspecified atom stereocenters. The Morgan fingerprint density at radius 3 is 2.73 bits per heavy atom. The molecule has 4 N–H and O–H groups in total. The third kappa shape index (κ3) is 4.21. The second-order valence-electron chi connectivity index (χ2n) is 4.63. The van der Waals surface area contributed by atoms with Crippen LogP contribution in [0.5, 0.6) is 0 Å². The number of anilines is 1. The van der Waals surface area contributed by atoms with Crippen molar-refractivity contribution in [1.82, 2.24) is 20.2 Å². The monoisotopic (exact) mass is 384 g/mol. The van der Waals surface area contributed by atoms with E-state index in [9.17, 15) is 4.79 Å². The lowest BCUT2D eigenvalue weighted by Crippen LogP contribution is -2.31. The van der Waals surface area contributed by atoms with E-state index in [2.05, 4.69) is 36.9 Å². The van der Waals surface area contributed by atoms with E-state index in [-0.39, 0.29) is 17.7 Å². The summed E-state index contributed by atoms with van der Waals surface area (Å²) in [6.07, 6.45) is 0. The zero-order valence-corrected chi connectivity index (χ0v) is 14.6. The third-order valence-electron chi connectivity index (χ3n) is 2.98. The molecule has 0 radical (unpaired) electrons. The van der Waals surface area contributed by atoms with Gasteiger partial charge in [0, 0.05) is 17.2 Å². The van der Waals surface area contributed by atoms with Gasteiger partial charge in [0.25, 0.3) is 0 Å². The van der Waals surface area contributed by atoms with E-state index in [0.717, 1.165) is 16.0 Å². The number of amides is 1. The largest absolute Gasteiger partial charge is 0.375 e. The maximum atomic E-state index is 11.2. The van der Waals surface area contributed by atoms with Gasteiger partial charge in [0.05, 0.1) is 11.8 Å². The maximum Gasteiger partial charge on any atom is 0.244 e. The standard InChI is InChI=1S/C13H17BrN6OS/c1-8(16-10-5-3-9(14)4-6-10)12-18-19-13(20(12)2)22-7-11(21)17-15/h3-6,8,16H,7,15H2,1-2H3,(H,17,21)/t8-/m0/s1. The quantitative estimate of drug-likeness (QED) is 0.304. The van der Waals surface area contributed by atoms with Crippen molar-refractivity contribution in [3.8, 4) is 0 Å². The van der Waals surface area contributed by atoms with Crippen molar-refractivity contribution in [2.45, 2.75) is 18.1 Å². The SMILES string of the molecule is C[C@H](Nc1ccc(Br)cc1)c1nnc(SCC(=O)NN)n1C. The van der Waals surface area contributed by atoms with Crippen molar-refractivity contribution in [1.29, 1.82) is 0 Å². The summed E-state index contributed by atoms with van der Waals surface area (Å²) in [5.41, 5.74) is 3.08. The van der Waals surface area contributed by atoms with Gasteiger partial charge in [-0.25, -0.2) is 5.84 Å². The highest BCUT2D eigenvalue weighted by molar-refractivity contribution is 9.10. The van der Waals surface area contributed by atoms with E-state index in [0.29, 0.717) is 5.16 Å². The Hall–Kier alpha value is -1.58. The second-order valence-corrected chi connectivity index (χ2v) is 6.49. The number of aromatic nitrogens is 3. The lowest BCUT2D eigenvalue weighted by Gasteiger charge is -2.14. The molecule has 0 aliphatic carbocycles. The number of hydrogen-bond acceptors (Lipinski definition) is 6. The highest BCUT2D eigenvalue weighted by Gasteiger charge is 2.16. The second kappa shape index (κ2) is 7.61. The van der Waals surface area contributed by atoms with Gasteiger partial charge >= 0.3 is 0 Å². The number of nitrogens with two attached hydrogens (primary N) is 1. The molecule has 118 valence electrons. The van der Waals surface area contributed by atoms with Crippen LogP contribution < -0.4 is 16.6 Å². The molecule has 1 amide bonds. The predicted octanol–water partition coefficient (Wildman–Crippen LogP) is 1.83. The summed E-state index contributed by atoms with van der Waals surface area (Å²) < 4.78 is 2.89. The van der Waals surface area contributed by atoms with Crippen molar-refractivity contribution >= 4 is 39.3 Å². The van der Waals surface area contributed by atoms with Crippen LogP contribution in [0, 0.1) is 0 Å². The van der Waals surface area contributed by atoms with Gasteiger partial charge in [0.1, 0.15) is 0 Å². The summed E-state index contributed by atoms with van der Waals surface area (Å²) in [5.74, 6) is 5.80. The minimum atomic E-state index is -0.254. The molecule has 0 aliphatic rings. The number of halogens is 1. The summed E-state index contributed by atoms with van der Waals surface area (Å²) >= 11 is 4.70. The molecule has 0 spiro atoms. The number of hydrazine groups is 1. The van der Waals surface area contributed by atoms with Crippen LogP contribution in [0.25, 0.3) is 0 Å². The number of carbonyl (C=O) groups excluding carboxylic acids is 1. The van der Waals surface area contributed by atoms with Gasteiger partial charge in [-0.2, -0.15) is 0 Å². The minimum Gasteiger partial charge on any atom is -0.375 e. The van der Waals surface area contributed by atoms with Gasteiger partial charge in [-0.15, -0.1) is 10.2 Å². The molecule has 22 heavy (non-hydrogen) atoms. The molecule has 2 aromatic rings. The number of benzene rings is 1. The van der Waals surface area contributed by atoms with Gasteiger partial charge in [0.2, 0.25) is 5.91 Å². The lowest BCUT2D eigenvalue weighted by atomic mass is 10.2. The Morgan fingerprint density at radius 2 is 2.09 bits per heavy atom. The van der Waals surface area contributed by atoms with Crippen molar-refractivity contribution in [3.05, 3.63) is 34.6 Å². The molecule has 0 saturated heterocycles. The highest BCUT2D eigenvalue weighted by Crippen LogP contribution is 2.22. The molecule has 0 saturated carbocycles. The number of hydrogen-bond donors (Lipinski definition) is 3. The fraction of sp³-hybridized carbons (Fsp3) is 0.308. The number of nitrogens with one attached hydrogen (secondary N) is 2. The van der Waals surface area contributed by atoms with E-state index in [1.807, 2.05) is 42.8 Å². The molecule has 1 atom stereocenters. The van der Waals surface area contributed by atoms with Gasteiger partial charge in [-0.1, -0.05) is 27.7 Å². The minimum absolute atomic E-state index is 0.0173. The maximum absolute atomic E-state index is 11.2. The molecule has 0 bridgehead atoms. The number of carbonyl (C=O) groups is 1. The van der Waals surface area contributed by atoms with Gasteiger partial charge in [0.15, 0.2) is 11.0 Å². The van der Waals surface area contributed by atoms with Crippen LogP contribution in [0.1, 0.15) is 18.8 Å². The summed E-state index contributed by atoms with van der Waals surface area (Å²) in [6.45, 7) is 2.01. The van der Waals surface area contributed by atoms with Crippen LogP contribution >= 0.6 is 27.7 Å². The summed E-state index contributed by atoms with van der Waals surface area (Å²) in [4.78, 5) is 11.2. The van der Waals surface area contributed by atoms with E-state index in [4.69, 9.17) is 5.84 Å². The van der Waals surface area contributed by atoms with Crippen LogP contribution in [0.3, 0.4) is 0 Å². The summed E-state index contributed by atoms with van der Waals surface area (Å²) in [5, 5.41) is 12.3. The molecule has 1 aromatic heterocycles. The summed E-state index contributed by atoms with van der Waals surface area (Å²) in [6, 6.07) is 7.89. The van der Waals surface area contributed by atoms with Gasteiger partial charge < -0.3 is 9.88 Å². The Kier molecular flexibility index (Phi) is 5.81. The van der Waals surface area contributed by atoms with E-state index < -0.39 is 0 Å². The first kappa shape index (κ1) is 16.8. The first-order chi connectivity index (χ1) is 10.5. The fourth-order valence-corrected chi connectivity index (χ4v) is 2.85. The first-order valence-corrected chi connectivity index (χ1v) is 8.32. The smallest absolute Gasteiger partial charge is 0.244 e. The zero-order valence-electron chi connectivity index (χ0n) is 12.2. The van der Waals surface area contributed by atoms with E-state index in [1.165, 1.54) is 11.8 Å². The number of nitrogens with zero attached hydrogens (tertiary/aromatic N) is 3. The molecule has 0 fully saturated rings.